The number of nitrogens with zero attached hydrogens (tertiary/aromatic N) is 4. The Labute approximate surface area is 164 Å². The van der Waals surface area contributed by atoms with Gasteiger partial charge in [0.05, 0.1) is 23.0 Å². The summed E-state index contributed by atoms with van der Waals surface area (Å²) in [6.45, 7) is 0.504. The van der Waals surface area contributed by atoms with Crippen molar-refractivity contribution in [3.05, 3.63) is 51.8 Å². The van der Waals surface area contributed by atoms with E-state index in [1.54, 1.807) is 47.0 Å². The van der Waals surface area contributed by atoms with Crippen molar-refractivity contribution in [1.82, 2.24) is 14.8 Å². The summed E-state index contributed by atoms with van der Waals surface area (Å²) in [4.78, 5) is 17.3. The molecule has 0 aromatic carbocycles. The van der Waals surface area contributed by atoms with Crippen molar-refractivity contribution in [3.8, 4) is 0 Å². The second-order valence-electron chi connectivity index (χ2n) is 4.87. The van der Waals surface area contributed by atoms with E-state index in [1.807, 2.05) is 6.20 Å². The van der Waals surface area contributed by atoms with Crippen molar-refractivity contribution in [3.63, 3.8) is 0 Å². The normalized spacial score (nSPS) is 10.2. The summed E-state index contributed by atoms with van der Waals surface area (Å²) in [5.74, 6) is 0.0885. The second kappa shape index (κ2) is 7.90. The number of thiazole rings is 1. The Balaban J connectivity index is 0.00000208. The maximum Gasteiger partial charge on any atom is 0.285 e. The lowest BCUT2D eigenvalue weighted by atomic mass is 10.2. The first-order valence-electron chi connectivity index (χ1n) is 6.71. The molecule has 0 saturated carbocycles. The fourth-order valence-electron chi connectivity index (χ4n) is 2.10. The van der Waals surface area contributed by atoms with E-state index in [0.29, 0.717) is 28.1 Å². The molecule has 0 spiro atoms. The number of hydrogen-bond acceptors (Lipinski definition) is 5. The van der Waals surface area contributed by atoms with Crippen molar-refractivity contribution < 1.29 is 33.3 Å². The van der Waals surface area contributed by atoms with Gasteiger partial charge in [-0.2, -0.15) is 5.10 Å². The van der Waals surface area contributed by atoms with Crippen LogP contribution in [-0.2, 0) is 13.6 Å². The summed E-state index contributed by atoms with van der Waals surface area (Å²) in [5, 5.41) is 6.78. The van der Waals surface area contributed by atoms with E-state index in [1.165, 1.54) is 11.3 Å². The lowest BCUT2D eigenvalue weighted by molar-refractivity contribution is -0.673. The Morgan fingerprint density at radius 1 is 1.50 bits per heavy atom. The zero-order chi connectivity index (χ0) is 16.4. The van der Waals surface area contributed by atoms with Crippen LogP contribution in [0.15, 0.2) is 36.9 Å². The molecule has 0 fully saturated rings. The molecule has 0 aliphatic heterocycles. The van der Waals surface area contributed by atoms with E-state index < -0.39 is 0 Å². The summed E-state index contributed by atoms with van der Waals surface area (Å²) < 4.78 is 3.87. The fraction of sp³-hybridized carbons (Fsp3) is 0.143. The molecule has 0 aliphatic carbocycles. The van der Waals surface area contributed by atoms with Gasteiger partial charge in [-0.3, -0.25) is 15.2 Å². The predicted molar refractivity (Wildman–Crippen MR) is 88.4 cm³/mol. The Morgan fingerprint density at radius 3 is 2.92 bits per heavy atom. The molecule has 0 bridgehead atoms. The third kappa shape index (κ3) is 4.22. The number of aromatic nitrogens is 4. The first-order chi connectivity index (χ1) is 11.0. The molecule has 3 N–H and O–H groups in total. The van der Waals surface area contributed by atoms with Crippen molar-refractivity contribution in [1.29, 1.82) is 0 Å². The average molecular weight is 477 g/mol. The third-order valence-corrected chi connectivity index (χ3v) is 4.27. The van der Waals surface area contributed by atoms with Gasteiger partial charge in [0.25, 0.3) is 11.7 Å². The van der Waals surface area contributed by atoms with E-state index in [4.69, 9.17) is 17.3 Å². The molecule has 3 aromatic heterocycles. The van der Waals surface area contributed by atoms with Gasteiger partial charge in [0.1, 0.15) is 12.1 Å². The minimum atomic E-state index is -0.285. The van der Waals surface area contributed by atoms with E-state index in [-0.39, 0.29) is 29.9 Å². The number of pyridine rings is 1. The standard InChI is InChI=1S/C14H13ClN6OS.HI/c1-20-7-9(5-18-20)19-13(22)11-3-2-4-21(12(11)16)8-10-6-17-14(15)23-10;/h2-7,16H,8H2,1H3,(H,19,22);1H. The van der Waals surface area contributed by atoms with Crippen LogP contribution in [0.5, 0.6) is 0 Å². The van der Waals surface area contributed by atoms with Gasteiger partial charge in [0, 0.05) is 19.4 Å². The molecule has 0 unspecified atom stereocenters. The molecule has 0 saturated heterocycles. The number of anilines is 2. The van der Waals surface area contributed by atoms with Crippen LogP contribution in [0, 0.1) is 0 Å². The lowest BCUT2D eigenvalue weighted by Gasteiger charge is -2.06. The molecule has 10 heteroatoms. The summed E-state index contributed by atoms with van der Waals surface area (Å²) in [5.41, 5.74) is 7.14. The minimum Gasteiger partial charge on any atom is -1.00 e. The van der Waals surface area contributed by atoms with Crippen LogP contribution < -0.4 is 39.6 Å². The van der Waals surface area contributed by atoms with Gasteiger partial charge in [0.2, 0.25) is 0 Å². The fourth-order valence-corrected chi connectivity index (χ4v) is 3.08. The highest BCUT2D eigenvalue weighted by Gasteiger charge is 2.19. The number of carbonyl (C=O) groups excluding carboxylic acids is 1. The van der Waals surface area contributed by atoms with Crippen LogP contribution >= 0.6 is 22.9 Å². The third-order valence-electron chi connectivity index (χ3n) is 3.17. The first-order valence-corrected chi connectivity index (χ1v) is 7.90. The largest absolute Gasteiger partial charge is 1.00 e. The molecular formula is C14H14ClIN6OS. The molecule has 3 rings (SSSR count). The van der Waals surface area contributed by atoms with Gasteiger partial charge in [-0.15, -0.1) is 11.3 Å². The number of amides is 1. The summed E-state index contributed by atoms with van der Waals surface area (Å²) in [6.07, 6.45) is 6.79. The number of nitrogens with one attached hydrogen (secondary N) is 1. The minimum absolute atomic E-state index is 0. The molecule has 0 atom stereocenters. The number of halogens is 2. The Bertz CT molecular complexity index is 865. The van der Waals surface area contributed by atoms with Crippen molar-refractivity contribution in [2.45, 2.75) is 6.54 Å². The van der Waals surface area contributed by atoms with Gasteiger partial charge in [-0.25, -0.2) is 9.55 Å². The van der Waals surface area contributed by atoms with E-state index in [9.17, 15) is 4.79 Å². The van der Waals surface area contributed by atoms with E-state index in [0.717, 1.165) is 4.88 Å². The van der Waals surface area contributed by atoms with E-state index >= 15 is 0 Å². The first kappa shape index (κ1) is 18.6. The molecular weight excluding hydrogens is 463 g/mol. The van der Waals surface area contributed by atoms with Crippen LogP contribution in [-0.4, -0.2) is 20.7 Å². The van der Waals surface area contributed by atoms with Gasteiger partial charge >= 0.3 is 0 Å². The lowest BCUT2D eigenvalue weighted by Crippen LogP contribution is -3.00. The smallest absolute Gasteiger partial charge is 0.285 e. The number of rotatable bonds is 4. The van der Waals surface area contributed by atoms with Crippen LogP contribution in [0.2, 0.25) is 4.47 Å². The number of aryl methyl sites for hydroxylation is 1. The Hall–Kier alpha value is -1.72. The number of nitrogens with two attached hydrogens (primary N) is 1. The monoisotopic (exact) mass is 476 g/mol. The molecule has 126 valence electrons. The highest BCUT2D eigenvalue weighted by atomic mass is 127. The van der Waals surface area contributed by atoms with Gasteiger partial charge in [-0.05, 0) is 12.1 Å². The molecule has 7 nitrogen and oxygen atoms in total. The molecule has 0 radical (unpaired) electrons. The van der Waals surface area contributed by atoms with Crippen molar-refractivity contribution in [2.24, 2.45) is 7.05 Å². The van der Waals surface area contributed by atoms with Gasteiger partial charge < -0.3 is 29.3 Å². The summed E-state index contributed by atoms with van der Waals surface area (Å²) in [6, 6.07) is 3.45. The number of nitrogen functional groups attached to an aromatic ring is 1. The maximum absolute atomic E-state index is 12.4. The molecule has 0 aliphatic rings. The van der Waals surface area contributed by atoms with Crippen molar-refractivity contribution >= 4 is 40.4 Å². The van der Waals surface area contributed by atoms with Crippen LogP contribution in [0.25, 0.3) is 0 Å². The molecule has 3 aromatic rings. The Morgan fingerprint density at radius 2 is 2.29 bits per heavy atom. The molecule has 24 heavy (non-hydrogen) atoms. The van der Waals surface area contributed by atoms with Crippen LogP contribution in [0.4, 0.5) is 11.5 Å². The SMILES string of the molecule is Cn1cc(NC(=O)c2ccc[n+](Cc3cnc(Cl)s3)c2N)cn1.[I-]. The van der Waals surface area contributed by atoms with E-state index in [2.05, 4.69) is 15.4 Å². The summed E-state index contributed by atoms with van der Waals surface area (Å²) >= 11 is 7.21. The molecule has 1 amide bonds. The zero-order valence-electron chi connectivity index (χ0n) is 12.6. The Kier molecular flexibility index (Phi) is 6.13. The topological polar surface area (TPSA) is 89.7 Å². The van der Waals surface area contributed by atoms with Gasteiger partial charge in [0.15, 0.2) is 4.47 Å². The number of hydrogen-bond donors (Lipinski definition) is 2. The highest BCUT2D eigenvalue weighted by molar-refractivity contribution is 7.15. The van der Waals surface area contributed by atoms with Crippen LogP contribution in [0.1, 0.15) is 15.2 Å². The predicted octanol–water partition coefficient (Wildman–Crippen LogP) is -1.30. The second-order valence-corrected chi connectivity index (χ2v) is 6.57. The quantitative estimate of drug-likeness (QED) is 0.362. The highest BCUT2D eigenvalue weighted by Crippen LogP contribution is 2.18. The molecule has 3 heterocycles. The number of carbonyl (C=O) groups is 1. The summed E-state index contributed by atoms with van der Waals surface area (Å²) in [7, 11) is 1.78. The van der Waals surface area contributed by atoms with Crippen LogP contribution in [0.3, 0.4) is 0 Å². The van der Waals surface area contributed by atoms with Gasteiger partial charge in [-0.1, -0.05) is 11.6 Å². The zero-order valence-corrected chi connectivity index (χ0v) is 16.3. The van der Waals surface area contributed by atoms with Crippen molar-refractivity contribution in [2.75, 3.05) is 11.1 Å². The maximum atomic E-state index is 12.4. The average Bonchev–Trinajstić information content (AvgIpc) is 3.10.